The lowest BCUT2D eigenvalue weighted by Gasteiger charge is -2.16. The van der Waals surface area contributed by atoms with E-state index >= 15 is 0 Å². The van der Waals surface area contributed by atoms with Crippen molar-refractivity contribution in [3.63, 3.8) is 0 Å². The molecule has 0 bridgehead atoms. The Hall–Kier alpha value is -2.00. The fourth-order valence-electron chi connectivity index (χ4n) is 2.43. The van der Waals surface area contributed by atoms with Crippen molar-refractivity contribution in [3.8, 4) is 5.75 Å². The number of halogens is 1. The molecule has 1 N–H and O–H groups in total. The quantitative estimate of drug-likeness (QED) is 0.697. The van der Waals surface area contributed by atoms with E-state index in [1.807, 2.05) is 36.4 Å². The lowest BCUT2D eigenvalue weighted by atomic mass is 9.91. The van der Waals surface area contributed by atoms with Gasteiger partial charge in [0.1, 0.15) is 5.75 Å². The molecule has 122 valence electrons. The second-order valence-corrected chi connectivity index (χ2v) is 5.90. The van der Waals surface area contributed by atoms with Gasteiger partial charge in [-0.1, -0.05) is 55.3 Å². The van der Waals surface area contributed by atoms with Crippen molar-refractivity contribution in [2.24, 2.45) is 0 Å². The van der Waals surface area contributed by atoms with Crippen LogP contribution in [-0.2, 0) is 11.2 Å². The van der Waals surface area contributed by atoms with Gasteiger partial charge in [-0.2, -0.15) is 0 Å². The smallest absolute Gasteiger partial charge is 0.311 e. The Kier molecular flexibility index (Phi) is 6.48. The van der Waals surface area contributed by atoms with Crippen LogP contribution in [0.2, 0.25) is 5.02 Å². The Morgan fingerprint density at radius 3 is 2.61 bits per heavy atom. The largest absolute Gasteiger partial charge is 0.493 e. The average molecular weight is 333 g/mol. The zero-order chi connectivity index (χ0) is 16.7. The number of carbonyl (C=O) groups is 1. The molecule has 0 saturated heterocycles. The monoisotopic (exact) mass is 332 g/mol. The van der Waals surface area contributed by atoms with E-state index in [-0.39, 0.29) is 0 Å². The molecule has 3 nitrogen and oxygen atoms in total. The summed E-state index contributed by atoms with van der Waals surface area (Å²) in [7, 11) is 0. The number of rotatable bonds is 8. The molecule has 2 aromatic carbocycles. The van der Waals surface area contributed by atoms with E-state index in [9.17, 15) is 9.90 Å². The summed E-state index contributed by atoms with van der Waals surface area (Å²) in [5.74, 6) is -0.760. The van der Waals surface area contributed by atoms with Crippen molar-refractivity contribution in [3.05, 3.63) is 64.7 Å². The highest BCUT2D eigenvalue weighted by atomic mass is 35.5. The molecule has 23 heavy (non-hydrogen) atoms. The molecule has 0 aliphatic carbocycles. The zero-order valence-electron chi connectivity index (χ0n) is 13.2. The number of ether oxygens (including phenoxy) is 1. The van der Waals surface area contributed by atoms with E-state index in [4.69, 9.17) is 16.3 Å². The second kappa shape index (κ2) is 8.59. The molecule has 0 amide bonds. The van der Waals surface area contributed by atoms with Crippen LogP contribution in [0.25, 0.3) is 0 Å². The molecule has 0 aromatic heterocycles. The van der Waals surface area contributed by atoms with Crippen molar-refractivity contribution in [2.45, 2.75) is 32.1 Å². The van der Waals surface area contributed by atoms with Gasteiger partial charge in [-0.3, -0.25) is 4.79 Å². The number of carboxylic acids is 1. The molecular weight excluding hydrogens is 312 g/mol. The van der Waals surface area contributed by atoms with Crippen molar-refractivity contribution in [2.75, 3.05) is 6.61 Å². The SMILES string of the molecule is CCCCOc1ccc(Cl)cc1CC(C(=O)O)c1ccccc1. The molecule has 0 aliphatic rings. The molecule has 1 unspecified atom stereocenters. The highest BCUT2D eigenvalue weighted by Crippen LogP contribution is 2.29. The molecule has 0 spiro atoms. The van der Waals surface area contributed by atoms with E-state index in [2.05, 4.69) is 6.92 Å². The van der Waals surface area contributed by atoms with Gasteiger partial charge in [0.15, 0.2) is 0 Å². The van der Waals surface area contributed by atoms with Gasteiger partial charge in [0.05, 0.1) is 12.5 Å². The van der Waals surface area contributed by atoms with E-state index in [1.165, 1.54) is 0 Å². The Labute approximate surface area is 141 Å². The Balaban J connectivity index is 2.25. The third-order valence-corrected chi connectivity index (χ3v) is 3.94. The van der Waals surface area contributed by atoms with Crippen LogP contribution in [0.15, 0.2) is 48.5 Å². The minimum Gasteiger partial charge on any atom is -0.493 e. The summed E-state index contributed by atoms with van der Waals surface area (Å²) in [6.07, 6.45) is 2.36. The summed E-state index contributed by atoms with van der Waals surface area (Å²) >= 11 is 6.08. The molecule has 0 fully saturated rings. The second-order valence-electron chi connectivity index (χ2n) is 5.46. The fraction of sp³-hybridized carbons (Fsp3) is 0.316. The number of unbranched alkanes of at least 4 members (excludes halogenated alkanes) is 1. The highest BCUT2D eigenvalue weighted by molar-refractivity contribution is 6.30. The molecule has 1 atom stereocenters. The van der Waals surface area contributed by atoms with E-state index in [0.717, 1.165) is 24.0 Å². The molecule has 0 saturated carbocycles. The van der Waals surface area contributed by atoms with Crippen LogP contribution < -0.4 is 4.74 Å². The Morgan fingerprint density at radius 2 is 1.96 bits per heavy atom. The summed E-state index contributed by atoms with van der Waals surface area (Å²) in [6.45, 7) is 2.72. The van der Waals surface area contributed by atoms with Gasteiger partial charge in [0.25, 0.3) is 0 Å². The lowest BCUT2D eigenvalue weighted by Crippen LogP contribution is -2.15. The van der Waals surface area contributed by atoms with Crippen LogP contribution in [0, 0.1) is 0 Å². The molecule has 0 radical (unpaired) electrons. The number of hydrogen-bond donors (Lipinski definition) is 1. The molecule has 2 aromatic rings. The summed E-state index contributed by atoms with van der Waals surface area (Å²) in [6, 6.07) is 14.6. The normalized spacial score (nSPS) is 11.9. The summed E-state index contributed by atoms with van der Waals surface area (Å²) < 4.78 is 5.80. The number of benzene rings is 2. The topological polar surface area (TPSA) is 46.5 Å². The maximum Gasteiger partial charge on any atom is 0.311 e. The van der Waals surface area contributed by atoms with Crippen LogP contribution in [0.3, 0.4) is 0 Å². The van der Waals surface area contributed by atoms with E-state index in [1.54, 1.807) is 12.1 Å². The van der Waals surface area contributed by atoms with Crippen LogP contribution in [0.1, 0.15) is 36.8 Å². The first kappa shape index (κ1) is 17.4. The Morgan fingerprint density at radius 1 is 1.22 bits per heavy atom. The first-order chi connectivity index (χ1) is 11.1. The third kappa shape index (κ3) is 5.00. The highest BCUT2D eigenvalue weighted by Gasteiger charge is 2.22. The first-order valence-electron chi connectivity index (χ1n) is 7.80. The van der Waals surface area contributed by atoms with Gasteiger partial charge < -0.3 is 9.84 Å². The van der Waals surface area contributed by atoms with Gasteiger partial charge in [0, 0.05) is 5.02 Å². The third-order valence-electron chi connectivity index (χ3n) is 3.70. The van der Waals surface area contributed by atoms with Crippen molar-refractivity contribution < 1.29 is 14.6 Å². The van der Waals surface area contributed by atoms with Gasteiger partial charge >= 0.3 is 5.97 Å². The van der Waals surface area contributed by atoms with Gasteiger partial charge in [-0.05, 0) is 42.2 Å². The maximum absolute atomic E-state index is 11.7. The predicted octanol–water partition coefficient (Wildman–Crippen LogP) is 4.93. The first-order valence-corrected chi connectivity index (χ1v) is 8.18. The number of aliphatic carboxylic acids is 1. The van der Waals surface area contributed by atoms with Crippen molar-refractivity contribution in [1.29, 1.82) is 0 Å². The maximum atomic E-state index is 11.7. The van der Waals surface area contributed by atoms with Crippen molar-refractivity contribution >= 4 is 17.6 Å². The minimum atomic E-state index is -0.851. The average Bonchev–Trinajstić information content (AvgIpc) is 2.55. The van der Waals surface area contributed by atoms with E-state index in [0.29, 0.717) is 23.8 Å². The van der Waals surface area contributed by atoms with Crippen molar-refractivity contribution in [1.82, 2.24) is 0 Å². The molecule has 2 rings (SSSR count). The zero-order valence-corrected chi connectivity index (χ0v) is 13.9. The molecule has 0 heterocycles. The summed E-state index contributed by atoms with van der Waals surface area (Å²) in [4.78, 5) is 11.7. The van der Waals surface area contributed by atoms with Crippen LogP contribution >= 0.6 is 11.6 Å². The standard InChI is InChI=1S/C19H21ClO3/c1-2-3-11-23-18-10-9-16(20)12-15(18)13-17(19(21)22)14-7-5-4-6-8-14/h4-10,12,17H,2-3,11,13H2,1H3,(H,21,22). The predicted molar refractivity (Wildman–Crippen MR) is 92.4 cm³/mol. The fourth-order valence-corrected chi connectivity index (χ4v) is 2.62. The molecule has 0 aliphatic heterocycles. The van der Waals surface area contributed by atoms with Crippen LogP contribution in [0.4, 0.5) is 0 Å². The molecular formula is C19H21ClO3. The minimum absolute atomic E-state index is 0.349. The van der Waals surface area contributed by atoms with Gasteiger partial charge in [-0.15, -0.1) is 0 Å². The van der Waals surface area contributed by atoms with Gasteiger partial charge in [0.2, 0.25) is 0 Å². The van der Waals surface area contributed by atoms with Crippen LogP contribution in [0.5, 0.6) is 5.75 Å². The number of hydrogen-bond acceptors (Lipinski definition) is 2. The molecule has 4 heteroatoms. The summed E-state index contributed by atoms with van der Waals surface area (Å²) in [5.41, 5.74) is 1.60. The lowest BCUT2D eigenvalue weighted by molar-refractivity contribution is -0.138. The Bertz CT molecular complexity index is 640. The van der Waals surface area contributed by atoms with E-state index < -0.39 is 11.9 Å². The number of carboxylic acid groups (broad SMARTS) is 1. The van der Waals surface area contributed by atoms with Gasteiger partial charge in [-0.25, -0.2) is 0 Å². The van der Waals surface area contributed by atoms with Crippen LogP contribution in [-0.4, -0.2) is 17.7 Å². The summed E-state index contributed by atoms with van der Waals surface area (Å²) in [5, 5.41) is 10.2.